The number of ketones is 1. The van der Waals surface area contributed by atoms with Crippen molar-refractivity contribution < 1.29 is 9.59 Å². The molecule has 6 heteroatoms. The number of hydrogen-bond donors (Lipinski definition) is 2. The van der Waals surface area contributed by atoms with Crippen molar-refractivity contribution in [2.75, 3.05) is 17.2 Å². The third-order valence-corrected chi connectivity index (χ3v) is 2.85. The normalized spacial score (nSPS) is 9.86. The molecule has 0 aliphatic rings. The lowest BCUT2D eigenvalue weighted by molar-refractivity contribution is 0.101. The minimum atomic E-state index is -0.337. The van der Waals surface area contributed by atoms with Gasteiger partial charge in [0.15, 0.2) is 5.78 Å². The molecule has 0 fully saturated rings. The second kappa shape index (κ2) is 7.12. The van der Waals surface area contributed by atoms with E-state index in [1.54, 1.807) is 30.3 Å². The first kappa shape index (κ1) is 15.4. The molecule has 0 radical (unpaired) electrons. The van der Waals surface area contributed by atoms with E-state index >= 15 is 0 Å². The molecule has 1 aromatic carbocycles. The third-order valence-electron chi connectivity index (χ3n) is 2.85. The Bertz CT molecular complexity index is 696. The number of benzene rings is 1. The molecule has 0 saturated heterocycles. The van der Waals surface area contributed by atoms with Crippen molar-refractivity contribution in [1.29, 1.82) is 0 Å². The van der Waals surface area contributed by atoms with Crippen molar-refractivity contribution >= 4 is 23.3 Å². The van der Waals surface area contributed by atoms with E-state index in [1.807, 2.05) is 0 Å². The lowest BCUT2D eigenvalue weighted by atomic mass is 10.1. The Morgan fingerprint density at radius 2 is 1.95 bits per heavy atom. The highest BCUT2D eigenvalue weighted by molar-refractivity contribution is 6.04. The zero-order valence-electron chi connectivity index (χ0n) is 12.2. The Hall–Kier alpha value is -3.02. The zero-order valence-corrected chi connectivity index (χ0v) is 12.2. The molecule has 0 saturated carbocycles. The van der Waals surface area contributed by atoms with Crippen LogP contribution >= 0.6 is 0 Å². The van der Waals surface area contributed by atoms with Crippen LogP contribution in [0.25, 0.3) is 0 Å². The van der Waals surface area contributed by atoms with Crippen LogP contribution in [0.2, 0.25) is 0 Å². The van der Waals surface area contributed by atoms with E-state index in [9.17, 15) is 9.59 Å². The lowest BCUT2D eigenvalue weighted by Gasteiger charge is -2.07. The predicted octanol–water partition coefficient (Wildman–Crippen LogP) is 2.53. The van der Waals surface area contributed by atoms with Crippen molar-refractivity contribution in [2.24, 2.45) is 0 Å². The fourth-order valence-electron chi connectivity index (χ4n) is 1.72. The van der Waals surface area contributed by atoms with Gasteiger partial charge in [-0.05, 0) is 19.1 Å². The molecule has 0 aliphatic heterocycles. The predicted molar refractivity (Wildman–Crippen MR) is 85.1 cm³/mol. The number of Topliss-reactive ketones (excluding diaryl/α,β-unsaturated/α-hetero) is 1. The minimum Gasteiger partial charge on any atom is -0.351 e. The van der Waals surface area contributed by atoms with Crippen molar-refractivity contribution in [1.82, 2.24) is 9.97 Å². The van der Waals surface area contributed by atoms with Gasteiger partial charge in [0.25, 0.3) is 5.91 Å². The topological polar surface area (TPSA) is 84.0 Å². The van der Waals surface area contributed by atoms with E-state index < -0.39 is 0 Å². The van der Waals surface area contributed by atoms with Crippen molar-refractivity contribution in [3.8, 4) is 0 Å². The van der Waals surface area contributed by atoms with E-state index in [4.69, 9.17) is 0 Å². The molecule has 0 bridgehead atoms. The van der Waals surface area contributed by atoms with E-state index in [1.165, 1.54) is 19.3 Å². The summed E-state index contributed by atoms with van der Waals surface area (Å²) in [5.74, 6) is 0.0306. The van der Waals surface area contributed by atoms with Crippen LogP contribution in [0.15, 0.2) is 49.3 Å². The Balaban J connectivity index is 2.07. The number of nitrogens with one attached hydrogen (secondary N) is 2. The van der Waals surface area contributed by atoms with Crippen molar-refractivity contribution in [3.63, 3.8) is 0 Å². The van der Waals surface area contributed by atoms with Crippen LogP contribution in [0.5, 0.6) is 0 Å². The van der Waals surface area contributed by atoms with Crippen LogP contribution in [-0.4, -0.2) is 28.2 Å². The number of hydrogen-bond acceptors (Lipinski definition) is 5. The molecule has 2 N–H and O–H groups in total. The third kappa shape index (κ3) is 3.99. The molecule has 6 nitrogen and oxygen atoms in total. The van der Waals surface area contributed by atoms with Crippen LogP contribution < -0.4 is 10.6 Å². The first-order chi connectivity index (χ1) is 10.6. The summed E-state index contributed by atoms with van der Waals surface area (Å²) < 4.78 is 0. The number of nitrogens with zero attached hydrogens (tertiary/aromatic N) is 2. The summed E-state index contributed by atoms with van der Waals surface area (Å²) in [4.78, 5) is 31.5. The number of anilines is 2. The summed E-state index contributed by atoms with van der Waals surface area (Å²) in [5, 5.41) is 5.63. The van der Waals surface area contributed by atoms with Gasteiger partial charge >= 0.3 is 0 Å². The highest BCUT2D eigenvalue weighted by atomic mass is 16.1. The Morgan fingerprint density at radius 1 is 1.23 bits per heavy atom. The summed E-state index contributed by atoms with van der Waals surface area (Å²) in [7, 11) is 0. The average molecular weight is 296 g/mol. The van der Waals surface area contributed by atoms with Gasteiger partial charge in [-0.1, -0.05) is 18.2 Å². The van der Waals surface area contributed by atoms with Gasteiger partial charge < -0.3 is 10.6 Å². The van der Waals surface area contributed by atoms with E-state index in [0.29, 0.717) is 29.3 Å². The number of rotatable bonds is 6. The van der Waals surface area contributed by atoms with Gasteiger partial charge in [0.1, 0.15) is 0 Å². The van der Waals surface area contributed by atoms with Crippen LogP contribution in [0.1, 0.15) is 27.6 Å². The number of carbonyl (C=O) groups is 2. The van der Waals surface area contributed by atoms with Gasteiger partial charge in [0, 0.05) is 30.2 Å². The maximum absolute atomic E-state index is 12.1. The molecule has 0 atom stereocenters. The van der Waals surface area contributed by atoms with Crippen molar-refractivity contribution in [2.45, 2.75) is 6.92 Å². The van der Waals surface area contributed by atoms with Gasteiger partial charge in [-0.3, -0.25) is 9.59 Å². The Kier molecular flexibility index (Phi) is 4.98. The molecular formula is C16H16N4O2. The number of amides is 1. The van der Waals surface area contributed by atoms with Gasteiger partial charge in [0.05, 0.1) is 5.56 Å². The molecule has 2 aromatic rings. The highest BCUT2D eigenvalue weighted by Gasteiger charge is 2.08. The molecule has 1 heterocycles. The van der Waals surface area contributed by atoms with Crippen LogP contribution in [0, 0.1) is 0 Å². The largest absolute Gasteiger partial charge is 0.351 e. The van der Waals surface area contributed by atoms with Crippen LogP contribution in [0.4, 0.5) is 11.6 Å². The van der Waals surface area contributed by atoms with Gasteiger partial charge in [0.2, 0.25) is 5.95 Å². The quantitative estimate of drug-likeness (QED) is 0.632. The summed E-state index contributed by atoms with van der Waals surface area (Å²) in [5.41, 5.74) is 1.42. The first-order valence-corrected chi connectivity index (χ1v) is 6.69. The second-order valence-electron chi connectivity index (χ2n) is 4.56. The van der Waals surface area contributed by atoms with Gasteiger partial charge in [-0.25, -0.2) is 9.97 Å². The maximum atomic E-state index is 12.1. The molecule has 1 aromatic heterocycles. The molecule has 112 valence electrons. The first-order valence-electron chi connectivity index (χ1n) is 6.69. The number of carbonyl (C=O) groups excluding carboxylic acids is 2. The number of aromatic nitrogens is 2. The fourth-order valence-corrected chi connectivity index (χ4v) is 1.72. The van der Waals surface area contributed by atoms with E-state index in [0.717, 1.165) is 0 Å². The molecule has 1 amide bonds. The standard InChI is InChI=1S/C16H16N4O2/c1-3-7-17-16-18-9-13(10-19-16)15(22)20-14-6-4-5-12(8-14)11(2)21/h3-6,8-10H,1,7H2,2H3,(H,20,22)(H,17,18,19). The maximum Gasteiger partial charge on any atom is 0.258 e. The monoisotopic (exact) mass is 296 g/mol. The van der Waals surface area contributed by atoms with Gasteiger partial charge in [-0.2, -0.15) is 0 Å². The molecule has 2 rings (SSSR count). The van der Waals surface area contributed by atoms with Crippen molar-refractivity contribution in [3.05, 3.63) is 60.4 Å². The molecular weight excluding hydrogens is 280 g/mol. The van der Waals surface area contributed by atoms with Gasteiger partial charge in [-0.15, -0.1) is 6.58 Å². The zero-order chi connectivity index (χ0) is 15.9. The summed E-state index contributed by atoms with van der Waals surface area (Å²) in [6.07, 6.45) is 4.55. The van der Waals surface area contributed by atoms with Crippen LogP contribution in [-0.2, 0) is 0 Å². The fraction of sp³-hybridized carbons (Fsp3) is 0.125. The van der Waals surface area contributed by atoms with E-state index in [-0.39, 0.29) is 11.7 Å². The average Bonchev–Trinajstić information content (AvgIpc) is 2.53. The highest BCUT2D eigenvalue weighted by Crippen LogP contribution is 2.12. The Morgan fingerprint density at radius 3 is 2.59 bits per heavy atom. The second-order valence-corrected chi connectivity index (χ2v) is 4.56. The van der Waals surface area contributed by atoms with Crippen LogP contribution in [0.3, 0.4) is 0 Å². The van der Waals surface area contributed by atoms with E-state index in [2.05, 4.69) is 27.2 Å². The Labute approximate surface area is 128 Å². The minimum absolute atomic E-state index is 0.0583. The molecule has 0 unspecified atom stereocenters. The SMILES string of the molecule is C=CCNc1ncc(C(=O)Nc2cccc(C(C)=O)c2)cn1. The summed E-state index contributed by atoms with van der Waals surface area (Å²) in [6, 6.07) is 6.75. The lowest BCUT2D eigenvalue weighted by Crippen LogP contribution is -2.13. The summed E-state index contributed by atoms with van der Waals surface area (Å²) in [6.45, 7) is 5.60. The molecule has 0 aliphatic carbocycles. The smallest absolute Gasteiger partial charge is 0.258 e. The summed E-state index contributed by atoms with van der Waals surface area (Å²) >= 11 is 0. The molecule has 0 spiro atoms. The molecule has 22 heavy (non-hydrogen) atoms.